The van der Waals surface area contributed by atoms with E-state index in [1.807, 2.05) is 61.5 Å². The van der Waals surface area contributed by atoms with Crippen molar-refractivity contribution in [3.63, 3.8) is 0 Å². The van der Waals surface area contributed by atoms with Gasteiger partial charge in [-0.1, -0.05) is 42.5 Å². The lowest BCUT2D eigenvalue weighted by molar-refractivity contribution is -0.134. The van der Waals surface area contributed by atoms with E-state index in [-0.39, 0.29) is 24.9 Å². The van der Waals surface area contributed by atoms with Gasteiger partial charge in [0.1, 0.15) is 5.75 Å². The Labute approximate surface area is 150 Å². The summed E-state index contributed by atoms with van der Waals surface area (Å²) in [5, 5.41) is 0. The largest absolute Gasteiger partial charge is 0.484 e. The summed E-state index contributed by atoms with van der Waals surface area (Å²) in [6.07, 6.45) is 0.781. The fourth-order valence-corrected chi connectivity index (χ4v) is 2.32. The average molecular weight is 349 g/mol. The standard InChI is InChI=1S/C19H24N2O2.ClH/c1-16-7-5-10-18(13-16)23-15-19(22)21(12-6-11-20)14-17-8-3-2-4-9-17;/h2-5,7-10,13H,6,11-12,14-15,20H2,1H3;1H. The highest BCUT2D eigenvalue weighted by atomic mass is 35.5. The molecule has 24 heavy (non-hydrogen) atoms. The van der Waals surface area contributed by atoms with Crippen LogP contribution in [0.15, 0.2) is 54.6 Å². The first-order chi connectivity index (χ1) is 11.2. The molecular formula is C19H25ClN2O2. The smallest absolute Gasteiger partial charge is 0.260 e. The quantitative estimate of drug-likeness (QED) is 0.797. The summed E-state index contributed by atoms with van der Waals surface area (Å²) in [6, 6.07) is 17.7. The van der Waals surface area contributed by atoms with Gasteiger partial charge in [-0.2, -0.15) is 0 Å². The zero-order valence-electron chi connectivity index (χ0n) is 14.0. The molecule has 0 heterocycles. The second-order valence-electron chi connectivity index (χ2n) is 5.55. The fraction of sp³-hybridized carbons (Fsp3) is 0.316. The van der Waals surface area contributed by atoms with Gasteiger partial charge in [0.25, 0.3) is 5.91 Å². The summed E-state index contributed by atoms with van der Waals surface area (Å²) >= 11 is 0. The van der Waals surface area contributed by atoms with Gasteiger partial charge in [-0.15, -0.1) is 12.4 Å². The van der Waals surface area contributed by atoms with Crippen molar-refractivity contribution in [1.82, 2.24) is 4.90 Å². The Morgan fingerprint density at radius 2 is 1.88 bits per heavy atom. The number of halogens is 1. The molecule has 2 N–H and O–H groups in total. The van der Waals surface area contributed by atoms with Crippen LogP contribution >= 0.6 is 12.4 Å². The number of hydrogen-bond acceptors (Lipinski definition) is 3. The molecule has 2 aromatic carbocycles. The molecule has 0 unspecified atom stereocenters. The van der Waals surface area contributed by atoms with Gasteiger partial charge in [0.15, 0.2) is 6.61 Å². The van der Waals surface area contributed by atoms with E-state index in [4.69, 9.17) is 10.5 Å². The van der Waals surface area contributed by atoms with Gasteiger partial charge in [-0.25, -0.2) is 0 Å². The molecular weight excluding hydrogens is 324 g/mol. The zero-order chi connectivity index (χ0) is 16.5. The highest BCUT2D eigenvalue weighted by Gasteiger charge is 2.14. The van der Waals surface area contributed by atoms with Crippen molar-refractivity contribution in [2.45, 2.75) is 19.9 Å². The van der Waals surface area contributed by atoms with E-state index in [1.165, 1.54) is 0 Å². The van der Waals surface area contributed by atoms with Gasteiger partial charge in [-0.05, 0) is 43.1 Å². The van der Waals surface area contributed by atoms with Crippen molar-refractivity contribution in [2.24, 2.45) is 5.73 Å². The lowest BCUT2D eigenvalue weighted by Gasteiger charge is -2.23. The molecule has 0 saturated carbocycles. The molecule has 0 spiro atoms. The van der Waals surface area contributed by atoms with Crippen molar-refractivity contribution in [3.8, 4) is 5.75 Å². The average Bonchev–Trinajstić information content (AvgIpc) is 2.57. The maximum atomic E-state index is 12.5. The monoisotopic (exact) mass is 348 g/mol. The van der Waals surface area contributed by atoms with E-state index < -0.39 is 0 Å². The lowest BCUT2D eigenvalue weighted by atomic mass is 10.2. The summed E-state index contributed by atoms with van der Waals surface area (Å²) in [4.78, 5) is 14.3. The van der Waals surface area contributed by atoms with E-state index in [0.29, 0.717) is 19.6 Å². The highest BCUT2D eigenvalue weighted by molar-refractivity contribution is 5.85. The summed E-state index contributed by atoms with van der Waals surface area (Å²) in [5.74, 6) is 0.695. The van der Waals surface area contributed by atoms with Crippen LogP contribution in [0.1, 0.15) is 17.5 Å². The van der Waals surface area contributed by atoms with Crippen molar-refractivity contribution in [2.75, 3.05) is 19.7 Å². The molecule has 130 valence electrons. The third-order valence-electron chi connectivity index (χ3n) is 3.55. The normalized spacial score (nSPS) is 9.92. The third-order valence-corrected chi connectivity index (χ3v) is 3.55. The van der Waals surface area contributed by atoms with E-state index in [1.54, 1.807) is 4.90 Å². The first-order valence-electron chi connectivity index (χ1n) is 7.90. The number of amides is 1. The van der Waals surface area contributed by atoms with Crippen LogP contribution in [0.2, 0.25) is 0 Å². The van der Waals surface area contributed by atoms with E-state index >= 15 is 0 Å². The van der Waals surface area contributed by atoms with Crippen molar-refractivity contribution >= 4 is 18.3 Å². The number of aryl methyl sites for hydroxylation is 1. The summed E-state index contributed by atoms with van der Waals surface area (Å²) in [7, 11) is 0. The van der Waals surface area contributed by atoms with Crippen molar-refractivity contribution < 1.29 is 9.53 Å². The van der Waals surface area contributed by atoms with Crippen LogP contribution < -0.4 is 10.5 Å². The molecule has 0 bridgehead atoms. The zero-order valence-corrected chi connectivity index (χ0v) is 14.8. The molecule has 0 fully saturated rings. The minimum Gasteiger partial charge on any atom is -0.484 e. The number of nitrogens with two attached hydrogens (primary N) is 1. The first-order valence-corrected chi connectivity index (χ1v) is 7.90. The second-order valence-corrected chi connectivity index (χ2v) is 5.55. The molecule has 0 saturated heterocycles. The van der Waals surface area contributed by atoms with Crippen LogP contribution in [-0.4, -0.2) is 30.5 Å². The molecule has 0 radical (unpaired) electrons. The summed E-state index contributed by atoms with van der Waals surface area (Å²) in [6.45, 7) is 3.83. The Bertz CT molecular complexity index is 620. The van der Waals surface area contributed by atoms with Crippen LogP contribution in [0.25, 0.3) is 0 Å². The topological polar surface area (TPSA) is 55.6 Å². The minimum atomic E-state index is -0.0243. The Morgan fingerprint density at radius 1 is 1.12 bits per heavy atom. The fourth-order valence-electron chi connectivity index (χ4n) is 2.32. The number of benzene rings is 2. The number of ether oxygens (including phenoxy) is 1. The number of carbonyl (C=O) groups is 1. The molecule has 4 nitrogen and oxygen atoms in total. The number of hydrogen-bond donors (Lipinski definition) is 1. The summed E-state index contributed by atoms with van der Waals surface area (Å²) in [5.41, 5.74) is 7.80. The Balaban J connectivity index is 0.00000288. The number of rotatable bonds is 8. The predicted molar refractivity (Wildman–Crippen MR) is 99.5 cm³/mol. The maximum Gasteiger partial charge on any atom is 0.260 e. The number of carbonyl (C=O) groups excluding carboxylic acids is 1. The van der Waals surface area contributed by atoms with E-state index in [2.05, 4.69) is 0 Å². The van der Waals surface area contributed by atoms with Crippen LogP contribution in [0, 0.1) is 6.92 Å². The van der Waals surface area contributed by atoms with Crippen molar-refractivity contribution in [3.05, 3.63) is 65.7 Å². The first kappa shape index (κ1) is 20.0. The van der Waals surface area contributed by atoms with Gasteiger partial charge < -0.3 is 15.4 Å². The molecule has 5 heteroatoms. The molecule has 0 aromatic heterocycles. The van der Waals surface area contributed by atoms with E-state index in [0.717, 1.165) is 23.3 Å². The highest BCUT2D eigenvalue weighted by Crippen LogP contribution is 2.13. The van der Waals surface area contributed by atoms with Crippen LogP contribution in [0.5, 0.6) is 5.75 Å². The SMILES string of the molecule is Cc1cccc(OCC(=O)N(CCCN)Cc2ccccc2)c1.Cl. The Hall–Kier alpha value is -2.04. The number of nitrogens with zero attached hydrogens (tertiary/aromatic N) is 1. The molecule has 0 aliphatic rings. The Morgan fingerprint density at radius 3 is 2.54 bits per heavy atom. The maximum absolute atomic E-state index is 12.5. The van der Waals surface area contributed by atoms with Gasteiger partial charge in [0.2, 0.25) is 0 Å². The lowest BCUT2D eigenvalue weighted by Crippen LogP contribution is -2.36. The molecule has 0 aliphatic carbocycles. The van der Waals surface area contributed by atoms with Gasteiger partial charge in [0, 0.05) is 13.1 Å². The minimum absolute atomic E-state index is 0. The molecule has 0 aliphatic heterocycles. The summed E-state index contributed by atoms with van der Waals surface area (Å²) < 4.78 is 5.62. The van der Waals surface area contributed by atoms with E-state index in [9.17, 15) is 4.79 Å². The molecule has 1 amide bonds. The van der Waals surface area contributed by atoms with Crippen molar-refractivity contribution in [1.29, 1.82) is 0 Å². The predicted octanol–water partition coefficient (Wildman–Crippen LogP) is 3.17. The molecule has 0 atom stereocenters. The molecule has 2 rings (SSSR count). The van der Waals surface area contributed by atoms with Crippen LogP contribution in [0.3, 0.4) is 0 Å². The Kier molecular flexibility index (Phi) is 8.90. The third kappa shape index (κ3) is 6.60. The van der Waals surface area contributed by atoms with Gasteiger partial charge >= 0.3 is 0 Å². The molecule has 2 aromatic rings. The van der Waals surface area contributed by atoms with Gasteiger partial charge in [0.05, 0.1) is 0 Å². The van der Waals surface area contributed by atoms with Crippen LogP contribution in [-0.2, 0) is 11.3 Å². The second kappa shape index (κ2) is 10.7. The van der Waals surface area contributed by atoms with Gasteiger partial charge in [-0.3, -0.25) is 4.79 Å². The van der Waals surface area contributed by atoms with Crippen LogP contribution in [0.4, 0.5) is 0 Å².